The molecule has 7 heteroatoms. The van der Waals surface area contributed by atoms with Gasteiger partial charge in [0, 0.05) is 25.0 Å². The number of benzene rings is 1. The highest BCUT2D eigenvalue weighted by molar-refractivity contribution is 6.46. The number of rotatable bonds is 6. The minimum absolute atomic E-state index is 0.0385. The van der Waals surface area contributed by atoms with Crippen LogP contribution >= 0.6 is 0 Å². The number of fused-ring (bicyclic) bond motifs is 1. The highest BCUT2D eigenvalue weighted by Gasteiger charge is 2.45. The van der Waals surface area contributed by atoms with E-state index in [1.165, 1.54) is 9.80 Å². The summed E-state index contributed by atoms with van der Waals surface area (Å²) in [5.41, 5.74) is 1.29. The van der Waals surface area contributed by atoms with Crippen LogP contribution in [-0.4, -0.2) is 49.9 Å². The molecular formula is C24H28N2O5. The van der Waals surface area contributed by atoms with Crippen LogP contribution in [0.1, 0.15) is 42.0 Å². The number of hydrogen-bond acceptors (Lipinski definition) is 5. The lowest BCUT2D eigenvalue weighted by molar-refractivity contribution is -0.858. The molecule has 1 fully saturated rings. The van der Waals surface area contributed by atoms with E-state index in [0.29, 0.717) is 36.5 Å². The van der Waals surface area contributed by atoms with Crippen molar-refractivity contribution in [1.29, 1.82) is 0 Å². The molecule has 2 aliphatic rings. The number of hydrogen-bond donors (Lipinski definition) is 1. The van der Waals surface area contributed by atoms with Gasteiger partial charge >= 0.3 is 0 Å². The summed E-state index contributed by atoms with van der Waals surface area (Å²) in [6.45, 7) is 4.99. The van der Waals surface area contributed by atoms with Gasteiger partial charge in [-0.2, -0.15) is 0 Å². The molecule has 164 valence electrons. The Morgan fingerprint density at radius 3 is 2.68 bits per heavy atom. The molecule has 0 radical (unpaired) electrons. The standard InChI is InChI=1S/C24H28N2O5/c1-14-6-8-19(30-14)21-20(23(28)24(29)26(21)11-5-10-25(3)4)22(27)16-7-9-18-17(13-16)12-15(2)31-18/h6-9,13,15,21,27H,5,10-12H2,1-4H3/b22-20+. The fourth-order valence-electron chi connectivity index (χ4n) is 4.32. The first-order chi connectivity index (χ1) is 14.8. The Hall–Kier alpha value is -3.06. The highest BCUT2D eigenvalue weighted by atomic mass is 16.5. The van der Waals surface area contributed by atoms with Crippen molar-refractivity contribution in [3.63, 3.8) is 0 Å². The smallest absolute Gasteiger partial charge is 0.295 e. The zero-order valence-corrected chi connectivity index (χ0v) is 18.4. The van der Waals surface area contributed by atoms with Gasteiger partial charge in [-0.15, -0.1) is 0 Å². The van der Waals surface area contributed by atoms with Gasteiger partial charge in [0.15, 0.2) is 0 Å². The Balaban J connectivity index is 1.76. The minimum Gasteiger partial charge on any atom is -0.872 e. The van der Waals surface area contributed by atoms with E-state index in [2.05, 4.69) is 0 Å². The Labute approximate surface area is 181 Å². The number of ketones is 1. The van der Waals surface area contributed by atoms with Crippen molar-refractivity contribution < 1.29 is 28.7 Å². The second-order valence-electron chi connectivity index (χ2n) is 8.69. The lowest BCUT2D eigenvalue weighted by atomic mass is 9.97. The number of aryl methyl sites for hydroxylation is 1. The molecule has 1 saturated heterocycles. The van der Waals surface area contributed by atoms with E-state index in [0.717, 1.165) is 17.9 Å². The number of ether oxygens (including phenoxy) is 1. The third-order valence-corrected chi connectivity index (χ3v) is 5.79. The third-order valence-electron chi connectivity index (χ3n) is 5.79. The number of nitrogens with zero attached hydrogens (tertiary/aromatic N) is 1. The number of quaternary nitrogens is 1. The lowest BCUT2D eigenvalue weighted by Crippen LogP contribution is -3.05. The van der Waals surface area contributed by atoms with Crippen molar-refractivity contribution in [2.75, 3.05) is 27.2 Å². The molecule has 3 heterocycles. The fraction of sp³-hybridized carbons (Fsp3) is 0.417. The molecule has 0 bridgehead atoms. The summed E-state index contributed by atoms with van der Waals surface area (Å²) < 4.78 is 11.5. The number of likely N-dealkylation sites (tertiary alicyclic amines) is 1. The van der Waals surface area contributed by atoms with E-state index in [-0.39, 0.29) is 11.7 Å². The largest absolute Gasteiger partial charge is 0.872 e. The van der Waals surface area contributed by atoms with Gasteiger partial charge in [0.25, 0.3) is 5.91 Å². The van der Waals surface area contributed by atoms with E-state index in [9.17, 15) is 14.7 Å². The first-order valence-corrected chi connectivity index (χ1v) is 10.7. The predicted molar refractivity (Wildman–Crippen MR) is 112 cm³/mol. The Bertz CT molecular complexity index is 1050. The minimum atomic E-state index is -0.804. The van der Waals surface area contributed by atoms with Crippen LogP contribution in [0.2, 0.25) is 0 Å². The maximum atomic E-state index is 13.5. The molecule has 0 spiro atoms. The van der Waals surface area contributed by atoms with Crippen LogP contribution in [0, 0.1) is 6.92 Å². The molecule has 7 nitrogen and oxygen atoms in total. The van der Waals surface area contributed by atoms with Crippen molar-refractivity contribution in [3.05, 3.63) is 58.6 Å². The number of nitrogens with one attached hydrogen (secondary N) is 1. The zero-order valence-electron chi connectivity index (χ0n) is 18.4. The molecule has 1 aromatic heterocycles. The average Bonchev–Trinajstić information content (AvgIpc) is 3.37. The van der Waals surface area contributed by atoms with E-state index in [1.54, 1.807) is 37.3 Å². The molecule has 0 saturated carbocycles. The number of furan rings is 1. The molecular weight excluding hydrogens is 396 g/mol. The average molecular weight is 424 g/mol. The Morgan fingerprint density at radius 1 is 1.23 bits per heavy atom. The number of carbonyl (C=O) groups excluding carboxylic acids is 2. The van der Waals surface area contributed by atoms with Crippen molar-refractivity contribution >= 4 is 17.4 Å². The maximum Gasteiger partial charge on any atom is 0.295 e. The molecule has 2 atom stereocenters. The van der Waals surface area contributed by atoms with Gasteiger partial charge in [-0.1, -0.05) is 11.8 Å². The molecule has 0 aliphatic carbocycles. The number of amides is 1. The summed E-state index contributed by atoms with van der Waals surface area (Å²) >= 11 is 0. The number of carbonyl (C=O) groups is 2. The number of Topliss-reactive ketones (excluding diaryl/α,β-unsaturated/α-hetero) is 1. The first-order valence-electron chi connectivity index (χ1n) is 10.7. The second kappa shape index (κ2) is 8.23. The van der Waals surface area contributed by atoms with Crippen LogP contribution in [0.3, 0.4) is 0 Å². The Morgan fingerprint density at radius 2 is 2.00 bits per heavy atom. The van der Waals surface area contributed by atoms with Crippen LogP contribution in [0.25, 0.3) is 5.76 Å². The molecule has 1 aromatic carbocycles. The maximum absolute atomic E-state index is 13.5. The van der Waals surface area contributed by atoms with Gasteiger partial charge in [-0.05, 0) is 49.2 Å². The van der Waals surface area contributed by atoms with Crippen molar-refractivity contribution in [3.8, 4) is 5.75 Å². The summed E-state index contributed by atoms with van der Waals surface area (Å²) in [7, 11) is 4.06. The summed E-state index contributed by atoms with van der Waals surface area (Å²) in [5, 5.41) is 13.5. The zero-order chi connectivity index (χ0) is 22.3. The van der Waals surface area contributed by atoms with E-state index < -0.39 is 23.5 Å². The summed E-state index contributed by atoms with van der Waals surface area (Å²) in [4.78, 5) is 28.6. The summed E-state index contributed by atoms with van der Waals surface area (Å²) in [5.74, 6) is 0.0420. The Kier molecular flexibility index (Phi) is 5.62. The van der Waals surface area contributed by atoms with Crippen LogP contribution < -0.4 is 14.7 Å². The molecule has 31 heavy (non-hydrogen) atoms. The van der Waals surface area contributed by atoms with Crippen LogP contribution in [0.4, 0.5) is 0 Å². The monoisotopic (exact) mass is 424 g/mol. The lowest BCUT2D eigenvalue weighted by Gasteiger charge is -2.26. The van der Waals surface area contributed by atoms with Crippen LogP contribution in [0.5, 0.6) is 5.75 Å². The van der Waals surface area contributed by atoms with Gasteiger partial charge in [0.2, 0.25) is 5.78 Å². The third kappa shape index (κ3) is 3.97. The topological polar surface area (TPSA) is 87.2 Å². The highest BCUT2D eigenvalue weighted by Crippen LogP contribution is 2.40. The first kappa shape index (κ1) is 21.2. The summed E-state index contributed by atoms with van der Waals surface area (Å²) in [6, 6.07) is 7.91. The molecule has 1 amide bonds. The van der Waals surface area contributed by atoms with E-state index in [1.807, 2.05) is 21.0 Å². The normalized spacial score (nSPS) is 22.3. The van der Waals surface area contributed by atoms with E-state index >= 15 is 0 Å². The van der Waals surface area contributed by atoms with Crippen LogP contribution in [0.15, 0.2) is 40.3 Å². The van der Waals surface area contributed by atoms with Gasteiger partial charge < -0.3 is 24.1 Å². The van der Waals surface area contributed by atoms with Crippen LogP contribution in [-0.2, 0) is 16.0 Å². The van der Waals surface area contributed by atoms with Crippen molar-refractivity contribution in [2.24, 2.45) is 0 Å². The van der Waals surface area contributed by atoms with Gasteiger partial charge in [0.1, 0.15) is 29.4 Å². The SMILES string of the molecule is Cc1ccc(C2/C(=C(\[O-])c3ccc4c(c3)CC(C)O4)C(=O)C(=O)N2CCC[NH+](C)C)o1. The van der Waals surface area contributed by atoms with Crippen molar-refractivity contribution in [1.82, 2.24) is 4.90 Å². The second-order valence-corrected chi connectivity index (χ2v) is 8.69. The predicted octanol–water partition coefficient (Wildman–Crippen LogP) is 0.670. The fourth-order valence-corrected chi connectivity index (χ4v) is 4.32. The molecule has 2 unspecified atom stereocenters. The van der Waals surface area contributed by atoms with E-state index in [4.69, 9.17) is 9.15 Å². The van der Waals surface area contributed by atoms with Gasteiger partial charge in [-0.3, -0.25) is 9.59 Å². The molecule has 4 rings (SSSR count). The molecule has 1 N–H and O–H groups in total. The quantitative estimate of drug-likeness (QED) is 0.418. The van der Waals surface area contributed by atoms with Gasteiger partial charge in [-0.25, -0.2) is 0 Å². The van der Waals surface area contributed by atoms with Gasteiger partial charge in [0.05, 0.1) is 20.6 Å². The molecule has 2 aliphatic heterocycles. The molecule has 2 aromatic rings. The van der Waals surface area contributed by atoms with Crippen molar-refractivity contribution in [2.45, 2.75) is 38.8 Å². The summed E-state index contributed by atoms with van der Waals surface area (Å²) in [6.07, 6.45) is 1.47.